The van der Waals surface area contributed by atoms with Gasteiger partial charge >= 0.3 is 0 Å². The van der Waals surface area contributed by atoms with Crippen molar-refractivity contribution >= 4 is 43.0 Å². The lowest BCUT2D eigenvalue weighted by molar-refractivity contribution is 0.603. The second-order valence-electron chi connectivity index (χ2n) is 4.22. The van der Waals surface area contributed by atoms with E-state index in [1.165, 1.54) is 6.20 Å². The molecule has 1 aromatic heterocycles. The maximum Gasteiger partial charge on any atom is 0.273 e. The SMILES string of the molecule is Cc1ncc(S(=O)(=O)Nc2c(C)cc(Br)cc2C)s1. The first-order chi connectivity index (χ1) is 8.79. The van der Waals surface area contributed by atoms with Gasteiger partial charge in [0, 0.05) is 4.47 Å². The number of sulfonamides is 1. The number of hydrogen-bond donors (Lipinski definition) is 1. The third-order valence-electron chi connectivity index (χ3n) is 2.60. The number of nitrogens with one attached hydrogen (secondary N) is 1. The highest BCUT2D eigenvalue weighted by molar-refractivity contribution is 9.10. The van der Waals surface area contributed by atoms with E-state index in [0.29, 0.717) is 5.69 Å². The Morgan fingerprint density at radius 2 is 1.79 bits per heavy atom. The molecule has 0 amide bonds. The maximum absolute atomic E-state index is 12.3. The van der Waals surface area contributed by atoms with Gasteiger partial charge in [0.25, 0.3) is 10.0 Å². The van der Waals surface area contributed by atoms with Gasteiger partial charge in [0.05, 0.1) is 16.9 Å². The fourth-order valence-corrected chi connectivity index (χ4v) is 4.72. The van der Waals surface area contributed by atoms with Crippen LogP contribution in [0.3, 0.4) is 0 Å². The van der Waals surface area contributed by atoms with E-state index < -0.39 is 10.0 Å². The summed E-state index contributed by atoms with van der Waals surface area (Å²) in [6, 6.07) is 3.76. The zero-order valence-corrected chi connectivity index (χ0v) is 13.9. The Morgan fingerprint density at radius 3 is 2.26 bits per heavy atom. The predicted octanol–water partition coefficient (Wildman–Crippen LogP) is 3.63. The van der Waals surface area contributed by atoms with E-state index in [1.54, 1.807) is 6.92 Å². The normalized spacial score (nSPS) is 11.6. The first kappa shape index (κ1) is 14.5. The standard InChI is InChI=1S/C12H13BrN2O2S2/c1-7-4-10(13)5-8(2)12(7)15-19(16,17)11-6-14-9(3)18-11/h4-6,15H,1-3H3. The molecule has 0 aliphatic heterocycles. The largest absolute Gasteiger partial charge is 0.278 e. The highest BCUT2D eigenvalue weighted by Gasteiger charge is 2.19. The molecule has 2 rings (SSSR count). The topological polar surface area (TPSA) is 59.1 Å². The molecular formula is C12H13BrN2O2S2. The molecule has 4 nitrogen and oxygen atoms in total. The number of nitrogens with zero attached hydrogens (tertiary/aromatic N) is 1. The van der Waals surface area contributed by atoms with Crippen molar-refractivity contribution in [2.75, 3.05) is 4.72 Å². The van der Waals surface area contributed by atoms with Crippen molar-refractivity contribution in [2.45, 2.75) is 25.0 Å². The molecule has 0 fully saturated rings. The summed E-state index contributed by atoms with van der Waals surface area (Å²) in [6.07, 6.45) is 1.38. The van der Waals surface area contributed by atoms with Gasteiger partial charge in [-0.3, -0.25) is 4.72 Å². The molecule has 0 bridgehead atoms. The third kappa shape index (κ3) is 3.16. The van der Waals surface area contributed by atoms with Crippen molar-refractivity contribution in [1.82, 2.24) is 4.98 Å². The minimum atomic E-state index is -3.56. The summed E-state index contributed by atoms with van der Waals surface area (Å²) in [6.45, 7) is 5.51. The Bertz CT molecular complexity index is 700. The third-order valence-corrected chi connectivity index (χ3v) is 5.78. The Kier molecular flexibility index (Phi) is 3.98. The number of anilines is 1. The first-order valence-corrected chi connectivity index (χ1v) is 8.61. The molecule has 102 valence electrons. The van der Waals surface area contributed by atoms with Crippen molar-refractivity contribution in [1.29, 1.82) is 0 Å². The average molecular weight is 361 g/mol. The van der Waals surface area contributed by atoms with Gasteiger partial charge in [0.2, 0.25) is 0 Å². The summed E-state index contributed by atoms with van der Waals surface area (Å²) in [5, 5.41) is 0.727. The molecule has 1 heterocycles. The Morgan fingerprint density at radius 1 is 1.21 bits per heavy atom. The second kappa shape index (κ2) is 5.22. The molecule has 0 saturated heterocycles. The van der Waals surface area contributed by atoms with E-state index >= 15 is 0 Å². The molecule has 0 aliphatic carbocycles. The van der Waals surface area contributed by atoms with Crippen LogP contribution in [-0.4, -0.2) is 13.4 Å². The van der Waals surface area contributed by atoms with Gasteiger partial charge < -0.3 is 0 Å². The molecular weight excluding hydrogens is 348 g/mol. The monoisotopic (exact) mass is 360 g/mol. The molecule has 2 aromatic rings. The summed E-state index contributed by atoms with van der Waals surface area (Å²) in [5.41, 5.74) is 2.36. The minimum absolute atomic E-state index is 0.228. The molecule has 0 atom stereocenters. The van der Waals surface area contributed by atoms with Gasteiger partial charge in [-0.1, -0.05) is 15.9 Å². The molecule has 0 saturated carbocycles. The molecule has 1 aromatic carbocycles. The smallest absolute Gasteiger partial charge is 0.273 e. The minimum Gasteiger partial charge on any atom is -0.278 e. The Hall–Kier alpha value is -0.920. The van der Waals surface area contributed by atoms with E-state index in [2.05, 4.69) is 25.6 Å². The summed E-state index contributed by atoms with van der Waals surface area (Å²) < 4.78 is 28.3. The van der Waals surface area contributed by atoms with E-state index in [1.807, 2.05) is 26.0 Å². The molecule has 0 unspecified atom stereocenters. The van der Waals surface area contributed by atoms with Crippen LogP contribution < -0.4 is 4.72 Å². The van der Waals surface area contributed by atoms with Gasteiger partial charge in [-0.15, -0.1) is 11.3 Å². The van der Waals surface area contributed by atoms with Gasteiger partial charge in [-0.2, -0.15) is 0 Å². The van der Waals surface area contributed by atoms with E-state index in [0.717, 1.165) is 31.9 Å². The summed E-state index contributed by atoms with van der Waals surface area (Å²) in [5.74, 6) is 0. The summed E-state index contributed by atoms with van der Waals surface area (Å²) >= 11 is 4.55. The van der Waals surface area contributed by atoms with Gasteiger partial charge in [0.1, 0.15) is 0 Å². The highest BCUT2D eigenvalue weighted by Crippen LogP contribution is 2.28. The van der Waals surface area contributed by atoms with Crippen LogP contribution in [0, 0.1) is 20.8 Å². The summed E-state index contributed by atoms with van der Waals surface area (Å²) in [7, 11) is -3.56. The van der Waals surface area contributed by atoms with Gasteiger partial charge in [-0.25, -0.2) is 13.4 Å². The number of benzene rings is 1. The number of hydrogen-bond acceptors (Lipinski definition) is 4. The second-order valence-corrected chi connectivity index (χ2v) is 8.28. The summed E-state index contributed by atoms with van der Waals surface area (Å²) in [4.78, 5) is 3.98. The number of thiazole rings is 1. The van der Waals surface area contributed by atoms with Crippen LogP contribution in [0.4, 0.5) is 5.69 Å². The zero-order chi connectivity index (χ0) is 14.2. The van der Waals surface area contributed by atoms with Crippen LogP contribution in [0.5, 0.6) is 0 Å². The van der Waals surface area contributed by atoms with Crippen molar-refractivity contribution in [3.63, 3.8) is 0 Å². The van der Waals surface area contributed by atoms with Crippen LogP contribution >= 0.6 is 27.3 Å². The fraction of sp³-hybridized carbons (Fsp3) is 0.250. The van der Waals surface area contributed by atoms with Crippen molar-refractivity contribution in [2.24, 2.45) is 0 Å². The van der Waals surface area contributed by atoms with Crippen LogP contribution in [0.15, 0.2) is 27.0 Å². The van der Waals surface area contributed by atoms with Crippen LogP contribution in [0.2, 0.25) is 0 Å². The molecule has 7 heteroatoms. The van der Waals surface area contributed by atoms with Crippen LogP contribution in [0.1, 0.15) is 16.1 Å². The first-order valence-electron chi connectivity index (χ1n) is 5.51. The van der Waals surface area contributed by atoms with Crippen LogP contribution in [-0.2, 0) is 10.0 Å². The van der Waals surface area contributed by atoms with Gasteiger partial charge in [-0.05, 0) is 44.0 Å². The lowest BCUT2D eigenvalue weighted by atomic mass is 10.1. The Labute approximate surface area is 125 Å². The molecule has 0 spiro atoms. The molecule has 0 radical (unpaired) electrons. The Balaban J connectivity index is 2.41. The number of rotatable bonds is 3. The molecule has 1 N–H and O–H groups in total. The molecule has 19 heavy (non-hydrogen) atoms. The van der Waals surface area contributed by atoms with Crippen molar-refractivity contribution < 1.29 is 8.42 Å². The van der Waals surface area contributed by atoms with E-state index in [4.69, 9.17) is 0 Å². The number of halogens is 1. The van der Waals surface area contributed by atoms with Crippen molar-refractivity contribution in [3.8, 4) is 0 Å². The zero-order valence-electron chi connectivity index (χ0n) is 10.7. The highest BCUT2D eigenvalue weighted by atomic mass is 79.9. The molecule has 0 aliphatic rings. The van der Waals surface area contributed by atoms with E-state index in [-0.39, 0.29) is 4.21 Å². The quantitative estimate of drug-likeness (QED) is 0.908. The number of aryl methyl sites for hydroxylation is 3. The van der Waals surface area contributed by atoms with Gasteiger partial charge in [0.15, 0.2) is 4.21 Å². The predicted molar refractivity (Wildman–Crippen MR) is 81.3 cm³/mol. The lowest BCUT2D eigenvalue weighted by Crippen LogP contribution is -2.13. The lowest BCUT2D eigenvalue weighted by Gasteiger charge is -2.12. The fourth-order valence-electron chi connectivity index (χ4n) is 1.72. The average Bonchev–Trinajstić information content (AvgIpc) is 2.71. The maximum atomic E-state index is 12.3. The van der Waals surface area contributed by atoms with Crippen LogP contribution in [0.25, 0.3) is 0 Å². The van der Waals surface area contributed by atoms with E-state index in [9.17, 15) is 8.42 Å². The number of aromatic nitrogens is 1. The van der Waals surface area contributed by atoms with Crippen molar-refractivity contribution in [3.05, 3.63) is 38.9 Å².